The molecule has 1 aliphatic heterocycles. The summed E-state index contributed by atoms with van der Waals surface area (Å²) in [5, 5.41) is 8.90. The number of hydrogen-bond donors (Lipinski definition) is 1. The molecule has 2 bridgehead atoms. The lowest BCUT2D eigenvalue weighted by atomic mass is 9.77. The molecule has 2 aromatic carbocycles. The van der Waals surface area contributed by atoms with Crippen LogP contribution in [-0.4, -0.2) is 15.7 Å². The van der Waals surface area contributed by atoms with Crippen molar-refractivity contribution in [1.82, 2.24) is 4.57 Å². The van der Waals surface area contributed by atoms with E-state index in [4.69, 9.17) is 0 Å². The van der Waals surface area contributed by atoms with Gasteiger partial charge in [0, 0.05) is 32.0 Å². The summed E-state index contributed by atoms with van der Waals surface area (Å²) in [7, 11) is 0. The van der Waals surface area contributed by atoms with Crippen LogP contribution in [0.1, 0.15) is 34.9 Å². The lowest BCUT2D eigenvalue weighted by molar-refractivity contribution is -0.116. The van der Waals surface area contributed by atoms with Gasteiger partial charge in [0.2, 0.25) is 5.91 Å². The standard InChI is InChI=1S/C27H24N2O2S3/c30-21(28-19-8-3-6-15-5-1-2-7-18(15)19)14-29-26-25(34-27(29)31)23(20-9-4-12-32-20)22-16-10-11-17(13-16)24(22)33-26/h1-9,12,16-17,22-24H,10-11,13-14H2,(H,28,30)/t16-,17-,22-,23-,24+/m0/s1. The molecule has 1 amide bonds. The van der Waals surface area contributed by atoms with E-state index in [1.807, 2.05) is 65.6 Å². The van der Waals surface area contributed by atoms with Gasteiger partial charge in [0.05, 0.1) is 5.03 Å². The summed E-state index contributed by atoms with van der Waals surface area (Å²) in [6.07, 6.45) is 3.96. The third kappa shape index (κ3) is 3.24. The highest BCUT2D eigenvalue weighted by Gasteiger charge is 2.55. The fourth-order valence-electron chi connectivity index (χ4n) is 6.54. The van der Waals surface area contributed by atoms with Crippen LogP contribution >= 0.6 is 34.4 Å². The van der Waals surface area contributed by atoms with Crippen LogP contribution in [0.2, 0.25) is 0 Å². The molecule has 3 heterocycles. The number of benzene rings is 2. The molecular formula is C27H24N2O2S3. The summed E-state index contributed by atoms with van der Waals surface area (Å²) >= 11 is 5.06. The van der Waals surface area contributed by atoms with Crippen molar-refractivity contribution in [2.75, 3.05) is 5.32 Å². The van der Waals surface area contributed by atoms with Gasteiger partial charge in [0.1, 0.15) is 6.54 Å². The SMILES string of the molecule is O=C(Cn1c2c(sc1=O)[C@@H](c1cccs1)[C@@H]1[C@H]3CC[C@@H](C3)[C@H]1S2)Nc1cccc2ccccc12. The second-order valence-corrected chi connectivity index (χ2v) is 12.8. The highest BCUT2D eigenvalue weighted by molar-refractivity contribution is 8.00. The van der Waals surface area contributed by atoms with Crippen molar-refractivity contribution in [3.63, 3.8) is 0 Å². The van der Waals surface area contributed by atoms with Gasteiger partial charge in [-0.05, 0) is 59.9 Å². The molecule has 172 valence electrons. The zero-order valence-corrected chi connectivity index (χ0v) is 20.9. The number of nitrogens with zero attached hydrogens (tertiary/aromatic N) is 1. The number of rotatable bonds is 4. The number of hydrogen-bond acceptors (Lipinski definition) is 5. The van der Waals surface area contributed by atoms with Crippen molar-refractivity contribution in [3.8, 4) is 0 Å². The lowest BCUT2D eigenvalue weighted by Crippen LogP contribution is -2.34. The molecule has 0 spiro atoms. The van der Waals surface area contributed by atoms with Crippen molar-refractivity contribution in [2.24, 2.45) is 17.8 Å². The summed E-state index contributed by atoms with van der Waals surface area (Å²) < 4.78 is 1.74. The second-order valence-electron chi connectivity index (χ2n) is 9.68. The largest absolute Gasteiger partial charge is 0.324 e. The van der Waals surface area contributed by atoms with E-state index in [1.165, 1.54) is 40.4 Å². The van der Waals surface area contributed by atoms with Gasteiger partial charge < -0.3 is 5.32 Å². The monoisotopic (exact) mass is 504 g/mol. The average Bonchev–Trinajstić information content (AvgIpc) is 3.64. The molecule has 0 unspecified atom stereocenters. The van der Waals surface area contributed by atoms with Crippen molar-refractivity contribution >= 4 is 56.8 Å². The van der Waals surface area contributed by atoms with E-state index in [-0.39, 0.29) is 17.3 Å². The molecular weight excluding hydrogens is 481 g/mol. The molecule has 0 saturated heterocycles. The normalized spacial score (nSPS) is 27.0. The van der Waals surface area contributed by atoms with Crippen LogP contribution in [0.4, 0.5) is 5.69 Å². The first-order valence-electron chi connectivity index (χ1n) is 11.9. The first kappa shape index (κ1) is 21.0. The minimum atomic E-state index is -0.151. The molecule has 7 rings (SSSR count). The third-order valence-corrected chi connectivity index (χ3v) is 11.7. The number of aromatic nitrogens is 1. The van der Waals surface area contributed by atoms with E-state index in [0.29, 0.717) is 17.1 Å². The fraction of sp³-hybridized carbons (Fsp3) is 0.333. The Balaban J connectivity index is 1.24. The Bertz CT molecular complexity index is 1450. The molecule has 2 aromatic heterocycles. The number of fused-ring (bicyclic) bond motifs is 7. The van der Waals surface area contributed by atoms with Gasteiger partial charge in [0.15, 0.2) is 0 Å². The van der Waals surface area contributed by atoms with E-state index in [9.17, 15) is 9.59 Å². The number of thiazole rings is 1. The minimum Gasteiger partial charge on any atom is -0.324 e. The van der Waals surface area contributed by atoms with Crippen LogP contribution in [-0.2, 0) is 11.3 Å². The summed E-state index contributed by atoms with van der Waals surface area (Å²) in [5.41, 5.74) is 0.789. The van der Waals surface area contributed by atoms with Crippen molar-refractivity contribution < 1.29 is 4.79 Å². The zero-order valence-electron chi connectivity index (χ0n) is 18.5. The van der Waals surface area contributed by atoms with Crippen molar-refractivity contribution in [1.29, 1.82) is 0 Å². The molecule has 0 radical (unpaired) electrons. The first-order chi connectivity index (χ1) is 16.7. The van der Waals surface area contributed by atoms with Crippen LogP contribution in [0.5, 0.6) is 0 Å². The fourth-order valence-corrected chi connectivity index (χ4v) is 10.7. The molecule has 2 fully saturated rings. The van der Waals surface area contributed by atoms with Crippen LogP contribution in [0.25, 0.3) is 10.8 Å². The van der Waals surface area contributed by atoms with Crippen LogP contribution < -0.4 is 10.2 Å². The number of thiophene rings is 1. The Labute approximate surface area is 210 Å². The van der Waals surface area contributed by atoms with Gasteiger partial charge in [-0.3, -0.25) is 14.2 Å². The van der Waals surface area contributed by atoms with Crippen LogP contribution in [0.15, 0.2) is 69.8 Å². The smallest absolute Gasteiger partial charge is 0.308 e. The Morgan fingerprint density at radius 3 is 2.76 bits per heavy atom. The summed E-state index contributed by atoms with van der Waals surface area (Å²) in [6.45, 7) is 0.0591. The maximum atomic E-state index is 13.2. The Morgan fingerprint density at radius 1 is 1.03 bits per heavy atom. The number of nitrogens with one attached hydrogen (secondary N) is 1. The molecule has 3 aliphatic rings. The van der Waals surface area contributed by atoms with E-state index < -0.39 is 0 Å². The highest BCUT2D eigenvalue weighted by atomic mass is 32.2. The van der Waals surface area contributed by atoms with Crippen LogP contribution in [0, 0.1) is 17.8 Å². The number of amides is 1. The topological polar surface area (TPSA) is 51.1 Å². The first-order valence-corrected chi connectivity index (χ1v) is 14.5. The van der Waals surface area contributed by atoms with Gasteiger partial charge in [0.25, 0.3) is 0 Å². The predicted octanol–water partition coefficient (Wildman–Crippen LogP) is 6.42. The molecule has 4 aromatic rings. The number of thioether (sulfide) groups is 1. The molecule has 7 heteroatoms. The molecule has 2 saturated carbocycles. The quantitative estimate of drug-likeness (QED) is 0.349. The number of carbonyl (C=O) groups is 1. The summed E-state index contributed by atoms with van der Waals surface area (Å²) in [4.78, 5) is 28.9. The number of carbonyl (C=O) groups excluding carboxylic acids is 1. The minimum absolute atomic E-state index is 0.0144. The lowest BCUT2D eigenvalue weighted by Gasteiger charge is -2.40. The molecule has 2 aliphatic carbocycles. The van der Waals surface area contributed by atoms with Crippen LogP contribution in [0.3, 0.4) is 0 Å². The Hall–Kier alpha value is -2.35. The second kappa shape index (κ2) is 8.11. The Kier molecular flexibility index (Phi) is 5.00. The predicted molar refractivity (Wildman–Crippen MR) is 141 cm³/mol. The molecule has 5 atom stereocenters. The summed E-state index contributed by atoms with van der Waals surface area (Å²) in [6, 6.07) is 18.3. The summed E-state index contributed by atoms with van der Waals surface area (Å²) in [5.74, 6) is 2.27. The number of anilines is 1. The van der Waals surface area contributed by atoms with E-state index in [0.717, 1.165) is 33.3 Å². The maximum Gasteiger partial charge on any atom is 0.308 e. The van der Waals surface area contributed by atoms with E-state index in [1.54, 1.807) is 4.57 Å². The van der Waals surface area contributed by atoms with Crippen molar-refractivity contribution in [3.05, 3.63) is 79.4 Å². The maximum absolute atomic E-state index is 13.2. The van der Waals surface area contributed by atoms with E-state index >= 15 is 0 Å². The highest BCUT2D eigenvalue weighted by Crippen LogP contribution is 2.64. The zero-order chi connectivity index (χ0) is 22.8. The van der Waals surface area contributed by atoms with Gasteiger partial charge in [-0.25, -0.2) is 0 Å². The molecule has 4 nitrogen and oxygen atoms in total. The van der Waals surface area contributed by atoms with Crippen molar-refractivity contribution in [2.45, 2.75) is 42.0 Å². The molecule has 1 N–H and O–H groups in total. The van der Waals surface area contributed by atoms with Gasteiger partial charge in [-0.15, -0.1) is 23.1 Å². The Morgan fingerprint density at radius 2 is 1.88 bits per heavy atom. The van der Waals surface area contributed by atoms with E-state index in [2.05, 4.69) is 22.8 Å². The molecule has 34 heavy (non-hydrogen) atoms. The third-order valence-electron chi connectivity index (χ3n) is 7.91. The van der Waals surface area contributed by atoms with Gasteiger partial charge in [-0.2, -0.15) is 0 Å². The van der Waals surface area contributed by atoms with Gasteiger partial charge in [-0.1, -0.05) is 53.8 Å². The van der Waals surface area contributed by atoms with Gasteiger partial charge >= 0.3 is 4.87 Å². The average molecular weight is 505 g/mol.